The van der Waals surface area contributed by atoms with Crippen molar-refractivity contribution in [3.8, 4) is 0 Å². The zero-order chi connectivity index (χ0) is 21.6. The van der Waals surface area contributed by atoms with Crippen LogP contribution < -0.4 is 10.6 Å². The zero-order valence-corrected chi connectivity index (χ0v) is 18.1. The maximum Gasteiger partial charge on any atom is 0.126 e. The first kappa shape index (κ1) is 20.3. The molecule has 2 heterocycles. The van der Waals surface area contributed by atoms with Gasteiger partial charge in [-0.15, -0.1) is 0 Å². The van der Waals surface area contributed by atoms with Gasteiger partial charge in [0.05, 0.1) is 5.52 Å². The second-order valence-electron chi connectivity index (χ2n) is 8.16. The lowest BCUT2D eigenvalue weighted by molar-refractivity contribution is 0.528. The predicted octanol–water partition coefficient (Wildman–Crippen LogP) is 6.09. The van der Waals surface area contributed by atoms with E-state index in [4.69, 9.17) is 4.98 Å². The number of anilines is 1. The number of pyridine rings is 1. The van der Waals surface area contributed by atoms with Crippen molar-refractivity contribution in [3.05, 3.63) is 108 Å². The highest BCUT2D eigenvalue weighted by Gasteiger charge is 2.16. The first-order chi connectivity index (χ1) is 15.9. The van der Waals surface area contributed by atoms with Crippen molar-refractivity contribution in [1.29, 1.82) is 0 Å². The Bertz CT molecular complexity index is 1290. The summed E-state index contributed by atoms with van der Waals surface area (Å²) in [6, 6.07) is 31.9. The minimum atomic E-state index is 0.257. The van der Waals surface area contributed by atoms with Crippen molar-refractivity contribution in [1.82, 2.24) is 15.3 Å². The number of nitrogens with zero attached hydrogens (tertiary/aromatic N) is 1. The summed E-state index contributed by atoms with van der Waals surface area (Å²) >= 11 is 0. The van der Waals surface area contributed by atoms with Crippen molar-refractivity contribution in [3.63, 3.8) is 0 Å². The number of hydrogen-bond acceptors (Lipinski definition) is 3. The Morgan fingerprint density at radius 3 is 2.53 bits per heavy atom. The summed E-state index contributed by atoms with van der Waals surface area (Å²) in [6.07, 6.45) is 4.13. The van der Waals surface area contributed by atoms with Gasteiger partial charge in [-0.05, 0) is 54.8 Å². The second-order valence-corrected chi connectivity index (χ2v) is 8.16. The number of hydrogen-bond donors (Lipinski definition) is 3. The molecule has 5 aromatic rings. The Labute approximate surface area is 188 Å². The molecule has 0 spiro atoms. The van der Waals surface area contributed by atoms with E-state index in [0.717, 1.165) is 37.3 Å². The number of benzene rings is 3. The molecule has 0 bridgehead atoms. The fraction of sp³-hybridized carbons (Fsp3) is 0.179. The molecule has 0 aliphatic rings. The van der Waals surface area contributed by atoms with Gasteiger partial charge in [-0.1, -0.05) is 66.7 Å². The molecule has 0 radical (unpaired) electrons. The topological polar surface area (TPSA) is 52.7 Å². The van der Waals surface area contributed by atoms with Crippen LogP contribution in [0.15, 0.2) is 97.2 Å². The van der Waals surface area contributed by atoms with E-state index in [0.29, 0.717) is 0 Å². The van der Waals surface area contributed by atoms with Crippen LogP contribution >= 0.6 is 0 Å². The van der Waals surface area contributed by atoms with Crippen LogP contribution in [0, 0.1) is 0 Å². The van der Waals surface area contributed by atoms with Gasteiger partial charge in [0.2, 0.25) is 0 Å². The Morgan fingerprint density at radius 1 is 0.781 bits per heavy atom. The smallest absolute Gasteiger partial charge is 0.126 e. The summed E-state index contributed by atoms with van der Waals surface area (Å²) in [6.45, 7) is 1.81. The number of H-pyrrole nitrogens is 1. The highest BCUT2D eigenvalue weighted by atomic mass is 15.0. The molecule has 3 N–H and O–H groups in total. The monoisotopic (exact) mass is 420 g/mol. The van der Waals surface area contributed by atoms with E-state index in [-0.39, 0.29) is 6.04 Å². The Kier molecular flexibility index (Phi) is 6.13. The minimum Gasteiger partial charge on any atom is -0.370 e. The lowest BCUT2D eigenvalue weighted by Crippen LogP contribution is -2.25. The Balaban J connectivity index is 1.22. The highest BCUT2D eigenvalue weighted by molar-refractivity contribution is 5.83. The van der Waals surface area contributed by atoms with Crippen molar-refractivity contribution in [2.24, 2.45) is 0 Å². The molecule has 0 aliphatic carbocycles. The molecular formula is C28H28N4. The molecular weight excluding hydrogens is 392 g/mol. The molecule has 160 valence electrons. The van der Waals surface area contributed by atoms with Crippen molar-refractivity contribution >= 4 is 27.6 Å². The van der Waals surface area contributed by atoms with Gasteiger partial charge in [-0.2, -0.15) is 0 Å². The summed E-state index contributed by atoms with van der Waals surface area (Å²) in [5.74, 6) is 0.932. The molecule has 1 unspecified atom stereocenters. The van der Waals surface area contributed by atoms with Gasteiger partial charge in [0.1, 0.15) is 5.82 Å². The molecule has 4 heteroatoms. The Hall–Kier alpha value is -3.63. The van der Waals surface area contributed by atoms with Crippen LogP contribution in [-0.2, 0) is 6.42 Å². The van der Waals surface area contributed by atoms with E-state index >= 15 is 0 Å². The van der Waals surface area contributed by atoms with E-state index in [9.17, 15) is 0 Å². The van der Waals surface area contributed by atoms with Crippen LogP contribution in [0.5, 0.6) is 0 Å². The van der Waals surface area contributed by atoms with Gasteiger partial charge in [-0.25, -0.2) is 4.98 Å². The fourth-order valence-corrected chi connectivity index (χ4v) is 4.27. The van der Waals surface area contributed by atoms with E-state index < -0.39 is 0 Å². The second kappa shape index (κ2) is 9.67. The number of fused-ring (bicyclic) bond motifs is 2. The number of aromatic nitrogens is 2. The first-order valence-corrected chi connectivity index (χ1v) is 11.3. The summed E-state index contributed by atoms with van der Waals surface area (Å²) in [5.41, 5.74) is 4.88. The molecule has 0 fully saturated rings. The molecule has 4 nitrogen and oxygen atoms in total. The molecule has 5 rings (SSSR count). The van der Waals surface area contributed by atoms with Crippen LogP contribution in [0.25, 0.3) is 21.8 Å². The third kappa shape index (κ3) is 4.66. The summed E-state index contributed by atoms with van der Waals surface area (Å²) < 4.78 is 0. The third-order valence-corrected chi connectivity index (χ3v) is 5.93. The highest BCUT2D eigenvalue weighted by Crippen LogP contribution is 2.26. The minimum absolute atomic E-state index is 0.257. The quantitative estimate of drug-likeness (QED) is 0.253. The number of para-hydroxylation sites is 2. The molecule has 1 atom stereocenters. The molecule has 0 saturated carbocycles. The fourth-order valence-electron chi connectivity index (χ4n) is 4.27. The maximum absolute atomic E-state index is 4.70. The summed E-state index contributed by atoms with van der Waals surface area (Å²) in [7, 11) is 0. The molecule has 2 aromatic heterocycles. The van der Waals surface area contributed by atoms with Crippen LogP contribution in [0.2, 0.25) is 0 Å². The van der Waals surface area contributed by atoms with Gasteiger partial charge >= 0.3 is 0 Å². The van der Waals surface area contributed by atoms with E-state index in [2.05, 4.69) is 101 Å². The zero-order valence-electron chi connectivity index (χ0n) is 18.1. The first-order valence-electron chi connectivity index (χ1n) is 11.3. The average molecular weight is 421 g/mol. The standard InChI is InChI=1S/C28H28N4/c1-2-9-21(10-3-1)19-27(24-20-31-26-14-7-5-12-23(24)26)29-17-8-18-30-28-16-15-22-11-4-6-13-25(22)32-28/h1-7,9-16,20,27,29,31H,8,17-19H2,(H,30,32). The van der Waals surface area contributed by atoms with Crippen LogP contribution in [0.3, 0.4) is 0 Å². The molecule has 32 heavy (non-hydrogen) atoms. The number of nitrogens with one attached hydrogen (secondary N) is 3. The largest absolute Gasteiger partial charge is 0.370 e. The normalized spacial score (nSPS) is 12.2. The van der Waals surface area contributed by atoms with Crippen LogP contribution in [0.1, 0.15) is 23.6 Å². The average Bonchev–Trinajstić information content (AvgIpc) is 3.28. The van der Waals surface area contributed by atoms with Crippen molar-refractivity contribution < 1.29 is 0 Å². The lowest BCUT2D eigenvalue weighted by Gasteiger charge is -2.19. The Morgan fingerprint density at radius 2 is 1.59 bits per heavy atom. The predicted molar refractivity (Wildman–Crippen MR) is 134 cm³/mol. The molecule has 0 saturated heterocycles. The maximum atomic E-state index is 4.70. The summed E-state index contributed by atoms with van der Waals surface area (Å²) in [5, 5.41) is 9.73. The molecule has 0 aliphatic heterocycles. The van der Waals surface area contributed by atoms with Gasteiger partial charge in [0, 0.05) is 35.1 Å². The van der Waals surface area contributed by atoms with Gasteiger partial charge < -0.3 is 15.6 Å². The van der Waals surface area contributed by atoms with Gasteiger partial charge in [0.15, 0.2) is 0 Å². The molecule has 3 aromatic carbocycles. The number of aromatic amines is 1. The van der Waals surface area contributed by atoms with Crippen molar-refractivity contribution in [2.45, 2.75) is 18.9 Å². The molecule has 0 amide bonds. The SMILES string of the molecule is c1ccc(CC(NCCCNc2ccc3ccccc3n2)c2c[nH]c3ccccc23)cc1. The van der Waals surface area contributed by atoms with Gasteiger partial charge in [-0.3, -0.25) is 0 Å². The third-order valence-electron chi connectivity index (χ3n) is 5.93. The van der Waals surface area contributed by atoms with Crippen molar-refractivity contribution in [2.75, 3.05) is 18.4 Å². The van der Waals surface area contributed by atoms with E-state index in [1.54, 1.807) is 0 Å². The van der Waals surface area contributed by atoms with E-state index in [1.165, 1.54) is 27.4 Å². The lowest BCUT2D eigenvalue weighted by atomic mass is 9.98. The van der Waals surface area contributed by atoms with Gasteiger partial charge in [0.25, 0.3) is 0 Å². The summed E-state index contributed by atoms with van der Waals surface area (Å²) in [4.78, 5) is 8.13. The number of rotatable bonds is 9. The van der Waals surface area contributed by atoms with Crippen LogP contribution in [0.4, 0.5) is 5.82 Å². The van der Waals surface area contributed by atoms with Crippen LogP contribution in [-0.4, -0.2) is 23.1 Å². The van der Waals surface area contributed by atoms with E-state index in [1.807, 2.05) is 12.1 Å².